The van der Waals surface area contributed by atoms with Gasteiger partial charge < -0.3 is 10.5 Å². The van der Waals surface area contributed by atoms with Gasteiger partial charge in [0, 0.05) is 19.5 Å². The molecule has 0 heterocycles. The van der Waals surface area contributed by atoms with Crippen LogP contribution in [0.5, 0.6) is 0 Å². The second-order valence-electron chi connectivity index (χ2n) is 0.665. The number of nitrogens with one attached hydrogen (secondary N) is 1. The second-order valence-corrected chi connectivity index (χ2v) is 5.54. The molecule has 0 atom stereocenters. The maximum atomic E-state index is 9.80. The fraction of sp³-hybridized carbons (Fsp3) is 0.500. The third-order valence-corrected chi connectivity index (χ3v) is 1.33. The molecule has 0 spiro atoms. The first-order chi connectivity index (χ1) is 2.64. The molecule has 1 radical (unpaired) electrons. The van der Waals surface area contributed by atoms with Crippen molar-refractivity contribution >= 4 is 51.1 Å². The summed E-state index contributed by atoms with van der Waals surface area (Å²) in [5.74, 6) is -0.517. The van der Waals surface area contributed by atoms with Gasteiger partial charge in [0.15, 0.2) is 0 Å². The minimum Gasteiger partial charge on any atom is -0.666 e. The monoisotopic (exact) mass is 413 g/mol. The number of carbonyl (C=O) groups excluding carboxylic acids is 1. The van der Waals surface area contributed by atoms with Crippen molar-refractivity contribution < 1.29 is 24.3 Å². The Kier molecular flexibility index (Phi) is 9.23. The van der Waals surface area contributed by atoms with Gasteiger partial charge in [-0.25, -0.2) is 0 Å². The largest absolute Gasteiger partial charge is 0.666 e. The number of rotatable bonds is 1. The molecule has 0 aliphatic heterocycles. The van der Waals surface area contributed by atoms with Crippen LogP contribution in [0.15, 0.2) is 0 Å². The van der Waals surface area contributed by atoms with Crippen LogP contribution in [0.2, 0.25) is 0 Å². The molecule has 0 rings (SSSR count). The zero-order valence-electron chi connectivity index (χ0n) is 3.07. The van der Waals surface area contributed by atoms with Crippen molar-refractivity contribution in [2.75, 3.05) is 0 Å². The molecule has 0 fully saturated rings. The molecule has 0 aromatic carbocycles. The number of halogens is 2. The van der Waals surface area contributed by atoms with E-state index < -0.39 is 5.91 Å². The van der Waals surface area contributed by atoms with Crippen LogP contribution in [0.1, 0.15) is 0 Å². The summed E-state index contributed by atoms with van der Waals surface area (Å²) in [4.78, 5) is 9.80. The van der Waals surface area contributed by atoms with E-state index in [1.165, 1.54) is 0 Å². The van der Waals surface area contributed by atoms with E-state index >= 15 is 0 Å². The SMILES string of the molecule is [NH-]C(=O)C(I)I.[Rh]. The van der Waals surface area contributed by atoms with Gasteiger partial charge in [-0.05, 0) is 0 Å². The smallest absolute Gasteiger partial charge is 0.103 e. The van der Waals surface area contributed by atoms with Gasteiger partial charge in [-0.1, -0.05) is 45.2 Å². The van der Waals surface area contributed by atoms with Crippen LogP contribution in [0.4, 0.5) is 0 Å². The van der Waals surface area contributed by atoms with Gasteiger partial charge in [0.1, 0.15) is 1.93 Å². The van der Waals surface area contributed by atoms with Crippen LogP contribution in [0.25, 0.3) is 5.73 Å². The van der Waals surface area contributed by atoms with E-state index in [0.29, 0.717) is 0 Å². The fourth-order valence-corrected chi connectivity index (χ4v) is 0. The first kappa shape index (κ1) is 11.4. The number of hydrogen-bond donors (Lipinski definition) is 0. The van der Waals surface area contributed by atoms with Gasteiger partial charge in [-0.2, -0.15) is 0 Å². The van der Waals surface area contributed by atoms with E-state index in [2.05, 4.69) is 0 Å². The van der Waals surface area contributed by atoms with Crippen molar-refractivity contribution in [1.82, 2.24) is 0 Å². The zero-order valence-corrected chi connectivity index (χ0v) is 9.03. The molecule has 45 valence electrons. The Bertz CT molecular complexity index is 66.7. The Morgan fingerprint density at radius 3 is 1.71 bits per heavy atom. The van der Waals surface area contributed by atoms with Gasteiger partial charge in [-0.3, -0.25) is 0 Å². The topological polar surface area (TPSA) is 40.9 Å². The van der Waals surface area contributed by atoms with Crippen molar-refractivity contribution in [2.24, 2.45) is 0 Å². The number of hydrogen-bond acceptors (Lipinski definition) is 1. The van der Waals surface area contributed by atoms with Crippen molar-refractivity contribution in [2.45, 2.75) is 1.93 Å². The normalized spacial score (nSPS) is 7.86. The molecule has 0 unspecified atom stereocenters. The summed E-state index contributed by atoms with van der Waals surface area (Å²) in [5.41, 5.74) is 6.38. The van der Waals surface area contributed by atoms with Crippen LogP contribution >= 0.6 is 45.2 Å². The minimum atomic E-state index is -0.517. The molecule has 0 saturated carbocycles. The standard InChI is InChI=1S/C2H3I2NO.Rh/c3-1(4)2(5)6;/h1H,(H2,5,6);/p-1. The molecule has 0 aromatic rings. The van der Waals surface area contributed by atoms with Gasteiger partial charge in [0.05, 0.1) is 5.91 Å². The molecule has 1 amide bonds. The van der Waals surface area contributed by atoms with E-state index in [-0.39, 0.29) is 21.4 Å². The first-order valence-electron chi connectivity index (χ1n) is 1.18. The second kappa shape index (κ2) is 5.69. The number of carbonyl (C=O) groups is 1. The first-order valence-corrected chi connectivity index (χ1v) is 3.67. The van der Waals surface area contributed by atoms with Crippen LogP contribution in [-0.2, 0) is 24.3 Å². The van der Waals surface area contributed by atoms with Crippen LogP contribution < -0.4 is 0 Å². The Labute approximate surface area is 82.0 Å². The van der Waals surface area contributed by atoms with E-state index in [1.54, 1.807) is 0 Å². The van der Waals surface area contributed by atoms with Crippen LogP contribution in [0, 0.1) is 0 Å². The van der Waals surface area contributed by atoms with Crippen molar-refractivity contribution in [3.8, 4) is 0 Å². The minimum absolute atomic E-state index is 0. The van der Waals surface area contributed by atoms with Crippen molar-refractivity contribution in [3.63, 3.8) is 0 Å². The average Bonchev–Trinajstić information content (AvgIpc) is 1.36. The molecular formula is C2H2I2NORh-. The van der Waals surface area contributed by atoms with Gasteiger partial charge in [0.2, 0.25) is 0 Å². The van der Waals surface area contributed by atoms with Crippen LogP contribution in [0.3, 0.4) is 0 Å². The van der Waals surface area contributed by atoms with Gasteiger partial charge in [0.25, 0.3) is 0 Å². The Hall–Kier alpha value is 1.55. The molecule has 1 N–H and O–H groups in total. The summed E-state index contributed by atoms with van der Waals surface area (Å²) < 4.78 is -0.180. The predicted octanol–water partition coefficient (Wildman–Crippen LogP) is 1.76. The van der Waals surface area contributed by atoms with Crippen molar-refractivity contribution in [3.05, 3.63) is 5.73 Å². The van der Waals surface area contributed by atoms with E-state index in [4.69, 9.17) is 5.73 Å². The molecule has 0 aromatic heterocycles. The summed E-state index contributed by atoms with van der Waals surface area (Å²) in [6, 6.07) is 0. The summed E-state index contributed by atoms with van der Waals surface area (Å²) in [7, 11) is 0. The molecule has 0 aliphatic carbocycles. The summed E-state index contributed by atoms with van der Waals surface area (Å²) in [6.07, 6.45) is 0. The number of alkyl halides is 2. The summed E-state index contributed by atoms with van der Waals surface area (Å²) >= 11 is 3.76. The molecule has 0 saturated heterocycles. The molecule has 7 heavy (non-hydrogen) atoms. The summed E-state index contributed by atoms with van der Waals surface area (Å²) in [6.45, 7) is 0. The van der Waals surface area contributed by atoms with Gasteiger partial charge in [-0.15, -0.1) is 0 Å². The predicted molar refractivity (Wildman–Crippen MR) is 41.2 cm³/mol. The zero-order chi connectivity index (χ0) is 5.15. The third-order valence-electron chi connectivity index (χ3n) is 0.198. The maximum absolute atomic E-state index is 9.80. The van der Waals surface area contributed by atoms with Crippen LogP contribution in [-0.4, -0.2) is 7.84 Å². The molecule has 5 heteroatoms. The van der Waals surface area contributed by atoms with E-state index in [1.807, 2.05) is 45.2 Å². The summed E-state index contributed by atoms with van der Waals surface area (Å²) in [5, 5.41) is 0. The Morgan fingerprint density at radius 1 is 1.57 bits per heavy atom. The Morgan fingerprint density at radius 2 is 1.71 bits per heavy atom. The maximum Gasteiger partial charge on any atom is 0.103 e. The average molecular weight is 413 g/mol. The fourth-order valence-electron chi connectivity index (χ4n) is 0. The Balaban J connectivity index is 0. The van der Waals surface area contributed by atoms with E-state index in [0.717, 1.165) is 0 Å². The van der Waals surface area contributed by atoms with E-state index in [9.17, 15) is 4.79 Å². The molecule has 2 nitrogen and oxygen atoms in total. The molecular weight excluding hydrogens is 411 g/mol. The van der Waals surface area contributed by atoms with Crippen molar-refractivity contribution in [1.29, 1.82) is 0 Å². The quantitative estimate of drug-likeness (QED) is 0.367. The third kappa shape index (κ3) is 7.55. The molecule has 0 bridgehead atoms. The van der Waals surface area contributed by atoms with Gasteiger partial charge >= 0.3 is 0 Å². The number of amides is 1. The molecule has 0 aliphatic rings.